The van der Waals surface area contributed by atoms with E-state index in [0.29, 0.717) is 29.1 Å². The molecule has 0 saturated carbocycles. The number of nitrogens with one attached hydrogen (secondary N) is 1. The molecule has 2 aromatic rings. The second kappa shape index (κ2) is 11.2. The van der Waals surface area contributed by atoms with Crippen molar-refractivity contribution in [2.24, 2.45) is 20.7 Å². The predicted octanol–water partition coefficient (Wildman–Crippen LogP) is 4.40. The van der Waals surface area contributed by atoms with Crippen molar-refractivity contribution in [3.05, 3.63) is 59.7 Å². The van der Waals surface area contributed by atoms with Gasteiger partial charge in [0.1, 0.15) is 5.75 Å². The highest BCUT2D eigenvalue weighted by Gasteiger charge is 2.21. The maximum Gasteiger partial charge on any atom is 0.311 e. The Balaban J connectivity index is 1.57. The molecule has 0 saturated heterocycles. The Morgan fingerprint density at radius 2 is 1.75 bits per heavy atom. The zero-order valence-corrected chi connectivity index (χ0v) is 18.4. The molecule has 0 atom stereocenters. The molecule has 0 bridgehead atoms. The Hall–Kier alpha value is -3.47. The van der Waals surface area contributed by atoms with Crippen LogP contribution in [-0.2, 0) is 15.7 Å². The standard InChI is InChI=1S/C21H24N6O4S/c1-2-6-18(22)15-10-12-16(13-11-15)31-20(28)9-5-14-27(32(29)30)19-8-4-3-7-17(19)21-23-25-26-24-21/h3-4,7-8,10-13,21-22,32H,2,5-6,9,14H2,1H3. The summed E-state index contributed by atoms with van der Waals surface area (Å²) in [7, 11) is -2.95. The monoisotopic (exact) mass is 456 g/mol. The fourth-order valence-electron chi connectivity index (χ4n) is 3.20. The fourth-order valence-corrected chi connectivity index (χ4v) is 3.86. The summed E-state index contributed by atoms with van der Waals surface area (Å²) in [6, 6.07) is 13.6. The molecule has 0 unspecified atom stereocenters. The first-order chi connectivity index (χ1) is 15.5. The van der Waals surface area contributed by atoms with Gasteiger partial charge in [0.2, 0.25) is 17.1 Å². The zero-order valence-electron chi connectivity index (χ0n) is 17.5. The lowest BCUT2D eigenvalue weighted by molar-refractivity contribution is -0.134. The van der Waals surface area contributed by atoms with Crippen LogP contribution >= 0.6 is 0 Å². The molecule has 0 spiro atoms. The number of esters is 1. The van der Waals surface area contributed by atoms with Crippen LogP contribution in [0.25, 0.3) is 0 Å². The number of rotatable bonds is 11. The Morgan fingerprint density at radius 1 is 1.06 bits per heavy atom. The number of hydrogen-bond acceptors (Lipinski definition) is 9. The van der Waals surface area contributed by atoms with Crippen molar-refractivity contribution in [3.63, 3.8) is 0 Å². The lowest BCUT2D eigenvalue weighted by Gasteiger charge is -2.21. The Bertz CT molecular complexity index is 1080. The van der Waals surface area contributed by atoms with Gasteiger partial charge in [0.05, 0.1) is 5.69 Å². The first-order valence-electron chi connectivity index (χ1n) is 10.2. The topological polar surface area (TPSA) is 137 Å². The number of carbonyl (C=O) groups excluding carboxylic acids is 1. The highest BCUT2D eigenvalue weighted by molar-refractivity contribution is 7.74. The summed E-state index contributed by atoms with van der Waals surface area (Å²) in [5.74, 6) is -0.0775. The SMILES string of the molecule is CCCC(=N)c1ccc(OC(=O)CCCN(c2ccccc2C2N=NN=N2)[SH](=O)=O)cc1. The van der Waals surface area contributed by atoms with Gasteiger partial charge in [-0.05, 0) is 59.2 Å². The van der Waals surface area contributed by atoms with Gasteiger partial charge in [0.25, 0.3) is 0 Å². The van der Waals surface area contributed by atoms with Crippen LogP contribution in [0, 0.1) is 5.41 Å². The molecule has 0 radical (unpaired) electrons. The van der Waals surface area contributed by atoms with Gasteiger partial charge in [-0.15, -0.1) is 10.2 Å². The number of nitrogens with zero attached hydrogens (tertiary/aromatic N) is 5. The molecule has 1 aliphatic heterocycles. The third-order valence-corrected chi connectivity index (χ3v) is 5.55. The number of benzene rings is 2. The molecule has 10 nitrogen and oxygen atoms in total. The van der Waals surface area contributed by atoms with Crippen LogP contribution in [0.3, 0.4) is 0 Å². The van der Waals surface area contributed by atoms with Crippen LogP contribution < -0.4 is 9.04 Å². The smallest absolute Gasteiger partial charge is 0.311 e. The molecule has 1 aliphatic rings. The first kappa shape index (κ1) is 23.2. The Labute approximate surface area is 187 Å². The summed E-state index contributed by atoms with van der Waals surface area (Å²) in [5, 5.41) is 22.7. The van der Waals surface area contributed by atoms with Gasteiger partial charge in [-0.25, -0.2) is 8.42 Å². The van der Waals surface area contributed by atoms with Crippen molar-refractivity contribution in [2.75, 3.05) is 10.8 Å². The van der Waals surface area contributed by atoms with E-state index in [1.807, 2.05) is 6.92 Å². The second-order valence-electron chi connectivity index (χ2n) is 7.03. The average Bonchev–Trinajstić information content (AvgIpc) is 3.32. The third-order valence-electron chi connectivity index (χ3n) is 4.74. The van der Waals surface area contributed by atoms with Crippen LogP contribution in [0.5, 0.6) is 5.75 Å². The Morgan fingerprint density at radius 3 is 2.41 bits per heavy atom. The molecule has 2 aromatic carbocycles. The van der Waals surface area contributed by atoms with Crippen molar-refractivity contribution in [1.29, 1.82) is 5.41 Å². The number of carbonyl (C=O) groups is 1. The maximum atomic E-state index is 12.2. The van der Waals surface area contributed by atoms with Crippen molar-refractivity contribution in [1.82, 2.24) is 0 Å². The molecule has 3 rings (SSSR count). The largest absolute Gasteiger partial charge is 0.427 e. The zero-order chi connectivity index (χ0) is 22.9. The number of hydrogen-bond donors (Lipinski definition) is 2. The highest BCUT2D eigenvalue weighted by atomic mass is 32.2. The summed E-state index contributed by atoms with van der Waals surface area (Å²) in [6.07, 6.45) is 1.20. The van der Waals surface area contributed by atoms with E-state index in [0.717, 1.165) is 12.0 Å². The van der Waals surface area contributed by atoms with E-state index in [2.05, 4.69) is 20.7 Å². The van der Waals surface area contributed by atoms with Crippen molar-refractivity contribution < 1.29 is 17.9 Å². The number of thiol groups is 1. The van der Waals surface area contributed by atoms with E-state index in [4.69, 9.17) is 10.1 Å². The van der Waals surface area contributed by atoms with E-state index in [1.54, 1.807) is 48.5 Å². The van der Waals surface area contributed by atoms with Gasteiger partial charge in [0.15, 0.2) is 0 Å². The molecule has 0 fully saturated rings. The minimum absolute atomic E-state index is 0.0398. The third kappa shape index (κ3) is 6.03. The van der Waals surface area contributed by atoms with Crippen molar-refractivity contribution in [2.45, 2.75) is 38.8 Å². The molecule has 32 heavy (non-hydrogen) atoms. The van der Waals surface area contributed by atoms with Crippen LogP contribution in [0.2, 0.25) is 0 Å². The Kier molecular flexibility index (Phi) is 8.14. The van der Waals surface area contributed by atoms with Crippen LogP contribution in [-0.4, -0.2) is 26.6 Å². The molecule has 1 heterocycles. The van der Waals surface area contributed by atoms with Gasteiger partial charge in [-0.1, -0.05) is 31.5 Å². The van der Waals surface area contributed by atoms with E-state index < -0.39 is 23.0 Å². The van der Waals surface area contributed by atoms with E-state index >= 15 is 0 Å². The normalized spacial score (nSPS) is 12.9. The molecular weight excluding hydrogens is 432 g/mol. The quantitative estimate of drug-likeness (QED) is 0.224. The molecule has 1 N–H and O–H groups in total. The fraction of sp³-hybridized carbons (Fsp3) is 0.333. The van der Waals surface area contributed by atoms with Gasteiger partial charge in [-0.2, -0.15) is 0 Å². The van der Waals surface area contributed by atoms with Crippen molar-refractivity contribution in [3.8, 4) is 5.75 Å². The van der Waals surface area contributed by atoms with Crippen LogP contribution in [0.1, 0.15) is 49.9 Å². The van der Waals surface area contributed by atoms with Gasteiger partial charge in [0, 0.05) is 24.2 Å². The van der Waals surface area contributed by atoms with Crippen molar-refractivity contribution >= 4 is 28.3 Å². The summed E-state index contributed by atoms with van der Waals surface area (Å²) in [4.78, 5) is 12.2. The maximum absolute atomic E-state index is 12.2. The van der Waals surface area contributed by atoms with Gasteiger partial charge >= 0.3 is 5.97 Å². The summed E-state index contributed by atoms with van der Waals surface area (Å²) >= 11 is 0. The van der Waals surface area contributed by atoms with Gasteiger partial charge < -0.3 is 10.1 Å². The molecular formula is C21H24N6O4S. The molecule has 168 valence electrons. The summed E-state index contributed by atoms with van der Waals surface area (Å²) in [6.45, 7) is 2.11. The predicted molar refractivity (Wildman–Crippen MR) is 120 cm³/mol. The molecule has 0 aromatic heterocycles. The lowest BCUT2D eigenvalue weighted by atomic mass is 10.1. The molecule has 11 heteroatoms. The lowest BCUT2D eigenvalue weighted by Crippen LogP contribution is -2.25. The molecule has 0 amide bonds. The van der Waals surface area contributed by atoms with E-state index in [9.17, 15) is 13.2 Å². The minimum Gasteiger partial charge on any atom is -0.427 e. The number of para-hydroxylation sites is 1. The summed E-state index contributed by atoms with van der Waals surface area (Å²) < 4.78 is 30.3. The average molecular weight is 457 g/mol. The van der Waals surface area contributed by atoms with Gasteiger partial charge in [-0.3, -0.25) is 9.10 Å². The molecule has 0 aliphatic carbocycles. The number of anilines is 1. The highest BCUT2D eigenvalue weighted by Crippen LogP contribution is 2.32. The van der Waals surface area contributed by atoms with Crippen LogP contribution in [0.15, 0.2) is 69.2 Å². The van der Waals surface area contributed by atoms with E-state index in [1.165, 1.54) is 4.31 Å². The number of ether oxygens (including phenoxy) is 1. The second-order valence-corrected chi connectivity index (χ2v) is 7.99. The summed E-state index contributed by atoms with van der Waals surface area (Å²) in [5.41, 5.74) is 2.32. The first-order valence-corrected chi connectivity index (χ1v) is 11.3. The van der Waals surface area contributed by atoms with E-state index in [-0.39, 0.29) is 19.4 Å². The van der Waals surface area contributed by atoms with Crippen LogP contribution in [0.4, 0.5) is 5.69 Å². The minimum atomic E-state index is -2.95.